The van der Waals surface area contributed by atoms with Crippen molar-refractivity contribution in [1.29, 1.82) is 0 Å². The van der Waals surface area contributed by atoms with Crippen LogP contribution >= 0.6 is 0 Å². The number of hydrogen-bond acceptors (Lipinski definition) is 2. The van der Waals surface area contributed by atoms with Crippen LogP contribution in [0.1, 0.15) is 42.3 Å². The molecule has 0 saturated heterocycles. The highest BCUT2D eigenvalue weighted by molar-refractivity contribution is 5.74. The van der Waals surface area contributed by atoms with Crippen molar-refractivity contribution in [2.75, 3.05) is 0 Å². The van der Waals surface area contributed by atoms with Gasteiger partial charge < -0.3 is 11.5 Å². The standard InChI is InChI=1S/C12H16N2O/c13-11(7-12(14)15)10-4-2-1-3-9(10)8-5-6-8/h1-4,8,11H,5-7,13H2,(H2,14,15)/t11-/m0/s1. The van der Waals surface area contributed by atoms with Crippen molar-refractivity contribution in [3.05, 3.63) is 35.4 Å². The highest BCUT2D eigenvalue weighted by Gasteiger charge is 2.27. The maximum Gasteiger partial charge on any atom is 0.219 e. The lowest BCUT2D eigenvalue weighted by atomic mass is 9.96. The molecule has 1 aliphatic carbocycles. The number of carbonyl (C=O) groups is 1. The summed E-state index contributed by atoms with van der Waals surface area (Å²) in [5.74, 6) is 0.313. The number of rotatable bonds is 4. The van der Waals surface area contributed by atoms with Gasteiger partial charge in [0.15, 0.2) is 0 Å². The van der Waals surface area contributed by atoms with E-state index in [0.717, 1.165) is 5.56 Å². The zero-order valence-electron chi connectivity index (χ0n) is 8.65. The second kappa shape index (κ2) is 4.03. The van der Waals surface area contributed by atoms with Crippen LogP contribution in [0.15, 0.2) is 24.3 Å². The first kappa shape index (κ1) is 10.2. The van der Waals surface area contributed by atoms with E-state index in [9.17, 15) is 4.79 Å². The van der Waals surface area contributed by atoms with Crippen LogP contribution in [0, 0.1) is 0 Å². The van der Waals surface area contributed by atoms with Crippen LogP contribution in [0.3, 0.4) is 0 Å². The van der Waals surface area contributed by atoms with Gasteiger partial charge >= 0.3 is 0 Å². The largest absolute Gasteiger partial charge is 0.370 e. The molecule has 1 saturated carbocycles. The smallest absolute Gasteiger partial charge is 0.219 e. The lowest BCUT2D eigenvalue weighted by molar-refractivity contribution is -0.118. The minimum Gasteiger partial charge on any atom is -0.370 e. The third-order valence-electron chi connectivity index (χ3n) is 2.83. The third-order valence-corrected chi connectivity index (χ3v) is 2.83. The highest BCUT2D eigenvalue weighted by Crippen LogP contribution is 2.42. The van der Waals surface area contributed by atoms with Crippen molar-refractivity contribution in [2.24, 2.45) is 11.5 Å². The van der Waals surface area contributed by atoms with E-state index < -0.39 is 0 Å². The number of amides is 1. The fourth-order valence-electron chi connectivity index (χ4n) is 1.94. The molecule has 1 fully saturated rings. The Kier molecular flexibility index (Phi) is 2.73. The first-order valence-electron chi connectivity index (χ1n) is 5.31. The predicted octanol–water partition coefficient (Wildman–Crippen LogP) is 1.44. The van der Waals surface area contributed by atoms with Crippen molar-refractivity contribution in [2.45, 2.75) is 31.2 Å². The Hall–Kier alpha value is -1.35. The lowest BCUT2D eigenvalue weighted by Gasteiger charge is -2.14. The molecule has 0 unspecified atom stereocenters. The molecular formula is C12H16N2O. The molecule has 1 aromatic carbocycles. The van der Waals surface area contributed by atoms with Crippen molar-refractivity contribution in [3.63, 3.8) is 0 Å². The molecule has 0 radical (unpaired) electrons. The summed E-state index contributed by atoms with van der Waals surface area (Å²) >= 11 is 0. The van der Waals surface area contributed by atoms with Crippen LogP contribution in [0.4, 0.5) is 0 Å². The van der Waals surface area contributed by atoms with Gasteiger partial charge in [-0.25, -0.2) is 0 Å². The first-order valence-corrected chi connectivity index (χ1v) is 5.31. The molecule has 1 atom stereocenters. The van der Waals surface area contributed by atoms with Crippen molar-refractivity contribution in [1.82, 2.24) is 0 Å². The monoisotopic (exact) mass is 204 g/mol. The summed E-state index contributed by atoms with van der Waals surface area (Å²) in [4.78, 5) is 10.8. The van der Waals surface area contributed by atoms with Gasteiger partial charge in [0.05, 0.1) is 0 Å². The van der Waals surface area contributed by atoms with Gasteiger partial charge in [0.25, 0.3) is 0 Å². The van der Waals surface area contributed by atoms with Crippen LogP contribution in [0.25, 0.3) is 0 Å². The minimum absolute atomic E-state index is 0.226. The van der Waals surface area contributed by atoms with Gasteiger partial charge in [0.2, 0.25) is 5.91 Å². The van der Waals surface area contributed by atoms with Gasteiger partial charge in [-0.05, 0) is 29.9 Å². The van der Waals surface area contributed by atoms with Gasteiger partial charge in [-0.1, -0.05) is 24.3 Å². The molecule has 1 amide bonds. The van der Waals surface area contributed by atoms with Crippen LogP contribution in [-0.2, 0) is 4.79 Å². The fraction of sp³-hybridized carbons (Fsp3) is 0.417. The Balaban J connectivity index is 2.21. The minimum atomic E-state index is -0.340. The number of carbonyl (C=O) groups excluding carboxylic acids is 1. The van der Waals surface area contributed by atoms with E-state index in [1.54, 1.807) is 0 Å². The van der Waals surface area contributed by atoms with Crippen LogP contribution in [0.2, 0.25) is 0 Å². The van der Waals surface area contributed by atoms with E-state index >= 15 is 0 Å². The Morgan fingerprint density at radius 2 is 2.07 bits per heavy atom. The van der Waals surface area contributed by atoms with Gasteiger partial charge in [0, 0.05) is 12.5 Å². The molecule has 1 aromatic rings. The second-order valence-electron chi connectivity index (χ2n) is 4.18. The normalized spacial score (nSPS) is 17.4. The summed E-state index contributed by atoms with van der Waals surface area (Å²) in [6.07, 6.45) is 2.70. The number of benzene rings is 1. The Morgan fingerprint density at radius 1 is 1.40 bits per heavy atom. The third kappa shape index (κ3) is 2.36. The summed E-state index contributed by atoms with van der Waals surface area (Å²) < 4.78 is 0. The SMILES string of the molecule is NC(=O)C[C@H](N)c1ccccc1C1CC1. The van der Waals surface area contributed by atoms with E-state index in [-0.39, 0.29) is 18.4 Å². The molecule has 3 nitrogen and oxygen atoms in total. The van der Waals surface area contributed by atoms with Crippen LogP contribution in [0.5, 0.6) is 0 Å². The topological polar surface area (TPSA) is 69.1 Å². The highest BCUT2D eigenvalue weighted by atomic mass is 16.1. The van der Waals surface area contributed by atoms with Gasteiger partial charge in [-0.2, -0.15) is 0 Å². The van der Waals surface area contributed by atoms with E-state index in [1.807, 2.05) is 18.2 Å². The average Bonchev–Trinajstić information content (AvgIpc) is 3.00. The summed E-state index contributed by atoms with van der Waals surface area (Å²) in [7, 11) is 0. The summed E-state index contributed by atoms with van der Waals surface area (Å²) in [6.45, 7) is 0. The molecule has 15 heavy (non-hydrogen) atoms. The van der Waals surface area contributed by atoms with E-state index in [2.05, 4.69) is 6.07 Å². The van der Waals surface area contributed by atoms with Crippen LogP contribution < -0.4 is 11.5 Å². The van der Waals surface area contributed by atoms with Crippen molar-refractivity contribution < 1.29 is 4.79 Å². The molecule has 0 spiro atoms. The summed E-state index contributed by atoms with van der Waals surface area (Å²) in [6, 6.07) is 7.84. The van der Waals surface area contributed by atoms with E-state index in [1.165, 1.54) is 18.4 Å². The first-order chi connectivity index (χ1) is 7.18. The van der Waals surface area contributed by atoms with Gasteiger partial charge in [0.1, 0.15) is 0 Å². The lowest BCUT2D eigenvalue weighted by Crippen LogP contribution is -2.21. The zero-order chi connectivity index (χ0) is 10.8. The fourth-order valence-corrected chi connectivity index (χ4v) is 1.94. The molecule has 4 N–H and O–H groups in total. The molecule has 3 heteroatoms. The maximum absolute atomic E-state index is 10.8. The molecular weight excluding hydrogens is 188 g/mol. The van der Waals surface area contributed by atoms with E-state index in [0.29, 0.717) is 5.92 Å². The maximum atomic E-state index is 10.8. The van der Waals surface area contributed by atoms with E-state index in [4.69, 9.17) is 11.5 Å². The summed E-state index contributed by atoms with van der Waals surface area (Å²) in [5, 5.41) is 0. The molecule has 0 aliphatic heterocycles. The van der Waals surface area contributed by atoms with Crippen molar-refractivity contribution in [3.8, 4) is 0 Å². The summed E-state index contributed by atoms with van der Waals surface area (Å²) in [5.41, 5.74) is 13.5. The number of primary amides is 1. The number of hydrogen-bond donors (Lipinski definition) is 2. The Labute approximate surface area is 89.5 Å². The molecule has 0 aromatic heterocycles. The Bertz CT molecular complexity index is 372. The van der Waals surface area contributed by atoms with Gasteiger partial charge in [-0.15, -0.1) is 0 Å². The van der Waals surface area contributed by atoms with Gasteiger partial charge in [-0.3, -0.25) is 4.79 Å². The number of nitrogens with two attached hydrogens (primary N) is 2. The molecule has 80 valence electrons. The Morgan fingerprint density at radius 3 is 2.67 bits per heavy atom. The quantitative estimate of drug-likeness (QED) is 0.779. The second-order valence-corrected chi connectivity index (χ2v) is 4.18. The molecule has 0 bridgehead atoms. The average molecular weight is 204 g/mol. The molecule has 1 aliphatic rings. The van der Waals surface area contributed by atoms with Crippen LogP contribution in [-0.4, -0.2) is 5.91 Å². The van der Waals surface area contributed by atoms with Crippen molar-refractivity contribution >= 4 is 5.91 Å². The molecule has 0 heterocycles. The zero-order valence-corrected chi connectivity index (χ0v) is 8.65. The molecule has 2 rings (SSSR count). The predicted molar refractivity (Wildman–Crippen MR) is 59.2 cm³/mol.